The van der Waals surface area contributed by atoms with Crippen LogP contribution >= 0.6 is 0 Å². The van der Waals surface area contributed by atoms with Crippen LogP contribution in [0.1, 0.15) is 371 Å². The molecule has 15 nitrogen and oxygen atoms in total. The van der Waals surface area contributed by atoms with Gasteiger partial charge >= 0.3 is 17.4 Å². The molecule has 0 aromatic heterocycles. The van der Waals surface area contributed by atoms with Crippen molar-refractivity contribution in [2.24, 2.45) is 0 Å². The monoisotopic (exact) mass is 1390 g/mol. The number of carboxylic acids is 3. The van der Waals surface area contributed by atoms with E-state index in [1.54, 1.807) is 0 Å². The van der Waals surface area contributed by atoms with Gasteiger partial charge in [0.1, 0.15) is 18.3 Å². The Kier molecular flexibility index (Phi) is 83.0. The number of Topliss-reactive ketones (excluding diaryl/α,β-unsaturated/α-hetero) is 3. The Morgan fingerprint density at radius 2 is 0.443 bits per heavy atom. The number of hydrogen-bond donors (Lipinski definition) is 0. The van der Waals surface area contributed by atoms with E-state index in [1.165, 1.54) is 231 Å². The molecule has 0 saturated heterocycles. The Morgan fingerprint density at radius 1 is 0.268 bits per heavy atom. The molecule has 0 fully saturated rings. The summed E-state index contributed by atoms with van der Waals surface area (Å²) in [6.07, 6.45) is 64.6. The average Bonchev–Trinajstić information content (AvgIpc) is 2.46. The zero-order valence-corrected chi connectivity index (χ0v) is 65.0. The summed E-state index contributed by atoms with van der Waals surface area (Å²) < 4.78 is 33.4. The number of rotatable bonds is 72. The number of carboxylic acid groups (broad SMARTS) is 3. The molecule has 0 saturated carbocycles. The van der Waals surface area contributed by atoms with Crippen LogP contribution in [0.2, 0.25) is 0 Å². The van der Waals surface area contributed by atoms with Crippen LogP contribution in [0.25, 0.3) is 0 Å². The van der Waals surface area contributed by atoms with E-state index in [0.29, 0.717) is 58.9 Å². The molecule has 0 aromatic carbocycles. The van der Waals surface area contributed by atoms with Crippen LogP contribution in [0.4, 0.5) is 0 Å². The number of ketones is 3. The van der Waals surface area contributed by atoms with Crippen LogP contribution in [-0.4, -0.2) is 129 Å². The first-order valence-corrected chi connectivity index (χ1v) is 39.2. The van der Waals surface area contributed by atoms with E-state index in [9.17, 15) is 44.1 Å². The van der Waals surface area contributed by atoms with Crippen molar-refractivity contribution in [3.8, 4) is 0 Å². The maximum absolute atomic E-state index is 11.9. The molecule has 0 heterocycles. The van der Waals surface area contributed by atoms with Gasteiger partial charge in [0.15, 0.2) is 17.3 Å². The molecule has 0 N–H and O–H groups in total. The number of carbonyl (C=O) groups is 6. The third-order valence-electron chi connectivity index (χ3n) is 16.3. The minimum absolute atomic E-state index is 0. The van der Waals surface area contributed by atoms with E-state index in [1.807, 2.05) is 41.5 Å². The summed E-state index contributed by atoms with van der Waals surface area (Å²) in [5.74, 6) is -5.42. The molecule has 0 spiro atoms. The number of ether oxygens (including phenoxy) is 6. The van der Waals surface area contributed by atoms with Crippen LogP contribution in [0.5, 0.6) is 0 Å². The molecular weight excluding hydrogens is 1240 g/mol. The Hall–Kier alpha value is -3.07. The minimum atomic E-state index is -1.36. The largest absolute Gasteiger partial charge is 3.00 e. The fourth-order valence-corrected chi connectivity index (χ4v) is 10.9. The summed E-state index contributed by atoms with van der Waals surface area (Å²) in [6, 6.07) is 0. The molecule has 0 rings (SSSR count). The first kappa shape index (κ1) is 100. The van der Waals surface area contributed by atoms with Crippen LogP contribution < -0.4 is 15.3 Å². The van der Waals surface area contributed by atoms with Gasteiger partial charge in [-0.3, -0.25) is 14.4 Å². The van der Waals surface area contributed by atoms with Gasteiger partial charge < -0.3 is 58.1 Å². The summed E-state index contributed by atoms with van der Waals surface area (Å²) in [6.45, 7) is 21.0. The Labute approximate surface area is 605 Å². The standard InChI is InChI=1S/3C27H50O5.Al/c3*1-4-5-6-7-8-9-10-11-12-13-14-15-16-17-18-19-21-31-22-20-26(32-24(2)3)25(28)23-27(29)30;/h3*11-12,24,26H,4-10,13-23H2,1-3H3,(H,29,30);/q;;;+3/p-3. The van der Waals surface area contributed by atoms with Gasteiger partial charge in [-0.2, -0.15) is 0 Å². The molecular formula is C81H147AlO15. The zero-order valence-electron chi connectivity index (χ0n) is 63.8. The first-order valence-electron chi connectivity index (χ1n) is 39.2. The molecule has 0 bridgehead atoms. The van der Waals surface area contributed by atoms with Crippen molar-refractivity contribution in [2.75, 3.05) is 39.6 Å². The molecule has 564 valence electrons. The van der Waals surface area contributed by atoms with E-state index >= 15 is 0 Å². The van der Waals surface area contributed by atoms with E-state index in [2.05, 4.69) is 57.2 Å². The van der Waals surface area contributed by atoms with Crippen LogP contribution in [0, 0.1) is 0 Å². The van der Waals surface area contributed by atoms with E-state index in [-0.39, 0.29) is 35.7 Å². The number of unbranched alkanes of at least 4 members (excludes halogenated alkanes) is 36. The summed E-state index contributed by atoms with van der Waals surface area (Å²) >= 11 is 0. The predicted octanol–water partition coefficient (Wildman–Crippen LogP) is 17.4. The predicted molar refractivity (Wildman–Crippen MR) is 394 cm³/mol. The molecule has 0 aliphatic heterocycles. The SMILES string of the molecule is CCCCCCCCC=CCCCCCCCCOCCC(OC(C)C)C(=O)CC(=O)[O-].CCCCCCCCC=CCCCCCCCCOCCC(OC(C)C)C(=O)CC(=O)[O-].CCCCCCCCC=CCCCCCCCCOCCC(OC(C)C)C(=O)CC(=O)[O-].[Al+3]. The van der Waals surface area contributed by atoms with Gasteiger partial charge in [0.25, 0.3) is 0 Å². The first-order chi connectivity index (χ1) is 46.4. The number of carbonyl (C=O) groups excluding carboxylic acids is 6. The maximum Gasteiger partial charge on any atom is 3.00 e. The van der Waals surface area contributed by atoms with Crippen molar-refractivity contribution in [3.63, 3.8) is 0 Å². The number of hydrogen-bond acceptors (Lipinski definition) is 15. The average molecular weight is 1390 g/mol. The van der Waals surface area contributed by atoms with Crippen molar-refractivity contribution in [1.82, 2.24) is 0 Å². The van der Waals surface area contributed by atoms with Gasteiger partial charge in [-0.25, -0.2) is 0 Å². The quantitative estimate of drug-likeness (QED) is 0.0239. The fourth-order valence-electron chi connectivity index (χ4n) is 10.9. The third kappa shape index (κ3) is 83.5. The van der Waals surface area contributed by atoms with Crippen molar-refractivity contribution >= 4 is 52.6 Å². The second-order valence-corrected chi connectivity index (χ2v) is 27.1. The molecule has 16 heteroatoms. The van der Waals surface area contributed by atoms with E-state index in [4.69, 9.17) is 28.4 Å². The van der Waals surface area contributed by atoms with Crippen LogP contribution in [-0.2, 0) is 57.2 Å². The number of allylic oxidation sites excluding steroid dienone is 6. The van der Waals surface area contributed by atoms with E-state index < -0.39 is 72.8 Å². The van der Waals surface area contributed by atoms with Crippen molar-refractivity contribution in [2.45, 2.75) is 407 Å². The Bertz CT molecular complexity index is 1630. The minimum Gasteiger partial charge on any atom is -0.550 e. The van der Waals surface area contributed by atoms with Crippen LogP contribution in [0.15, 0.2) is 36.5 Å². The molecule has 0 aliphatic carbocycles. The van der Waals surface area contributed by atoms with Gasteiger partial charge in [-0.15, -0.1) is 0 Å². The molecule has 97 heavy (non-hydrogen) atoms. The molecule has 0 aromatic rings. The smallest absolute Gasteiger partial charge is 0.550 e. The summed E-state index contributed by atoms with van der Waals surface area (Å²) in [4.78, 5) is 67.6. The van der Waals surface area contributed by atoms with Crippen molar-refractivity contribution < 1.29 is 72.5 Å². The molecule has 0 aliphatic rings. The fraction of sp³-hybridized carbons (Fsp3) is 0.852. The van der Waals surface area contributed by atoms with Gasteiger partial charge in [0.2, 0.25) is 0 Å². The summed E-state index contributed by atoms with van der Waals surface area (Å²) in [5, 5.41) is 31.9. The van der Waals surface area contributed by atoms with Crippen LogP contribution in [0.3, 0.4) is 0 Å². The van der Waals surface area contributed by atoms with Gasteiger partial charge in [0.05, 0.1) is 18.3 Å². The molecule has 0 amide bonds. The zero-order chi connectivity index (χ0) is 71.6. The Morgan fingerprint density at radius 3 is 0.619 bits per heavy atom. The third-order valence-corrected chi connectivity index (χ3v) is 16.3. The normalized spacial score (nSPS) is 12.5. The second-order valence-electron chi connectivity index (χ2n) is 27.1. The van der Waals surface area contributed by atoms with Crippen molar-refractivity contribution in [1.29, 1.82) is 0 Å². The van der Waals surface area contributed by atoms with Gasteiger partial charge in [-0.1, -0.05) is 231 Å². The van der Waals surface area contributed by atoms with Gasteiger partial charge in [0, 0.05) is 96.1 Å². The van der Waals surface area contributed by atoms with Crippen molar-refractivity contribution in [3.05, 3.63) is 36.5 Å². The summed E-state index contributed by atoms with van der Waals surface area (Å²) in [7, 11) is 0. The van der Waals surface area contributed by atoms with Gasteiger partial charge in [-0.05, 0) is 138 Å². The maximum atomic E-state index is 11.9. The second kappa shape index (κ2) is 80.2. The molecule has 3 unspecified atom stereocenters. The molecule has 0 radical (unpaired) electrons. The van der Waals surface area contributed by atoms with E-state index in [0.717, 1.165) is 38.5 Å². The summed E-state index contributed by atoms with van der Waals surface area (Å²) in [5.41, 5.74) is 0. The molecule has 3 atom stereocenters. The number of aliphatic carboxylic acids is 3. The Balaban J connectivity index is -0.000000665. The topological polar surface area (TPSA) is 227 Å².